The van der Waals surface area contributed by atoms with Crippen LogP contribution < -0.4 is 5.32 Å². The van der Waals surface area contributed by atoms with E-state index < -0.39 is 0 Å². The molecule has 1 aromatic rings. The Bertz CT molecular complexity index is 309. The summed E-state index contributed by atoms with van der Waals surface area (Å²) in [4.78, 5) is 0.995. The first kappa shape index (κ1) is 13.1. The average Bonchev–Trinajstić information content (AvgIpc) is 2.23. The molecule has 0 aliphatic carbocycles. The van der Waals surface area contributed by atoms with Crippen molar-refractivity contribution in [2.75, 3.05) is 25.4 Å². The van der Waals surface area contributed by atoms with Crippen LogP contribution in [0.3, 0.4) is 0 Å². The fraction of sp³-hybridized carbons (Fsp3) is 0.400. The van der Waals surface area contributed by atoms with Gasteiger partial charge in [-0.25, -0.2) is 0 Å². The molecule has 0 saturated carbocycles. The van der Waals surface area contributed by atoms with Crippen molar-refractivity contribution in [3.8, 4) is 0 Å². The summed E-state index contributed by atoms with van der Waals surface area (Å²) in [6, 6.07) is 5.44. The van der Waals surface area contributed by atoms with Gasteiger partial charge in [0, 0.05) is 28.8 Å². The highest BCUT2D eigenvalue weighted by Gasteiger charge is 2.01. The molecule has 0 aliphatic heterocycles. The van der Waals surface area contributed by atoms with Crippen molar-refractivity contribution in [1.29, 1.82) is 0 Å². The first-order valence-corrected chi connectivity index (χ1v) is 6.37. The fourth-order valence-electron chi connectivity index (χ4n) is 1.03. The van der Waals surface area contributed by atoms with Gasteiger partial charge >= 0.3 is 0 Å². The molecule has 0 aromatic heterocycles. The molecule has 1 aromatic carbocycles. The van der Waals surface area contributed by atoms with Crippen LogP contribution in [0.15, 0.2) is 23.1 Å². The second kappa shape index (κ2) is 7.36. The molecular formula is C10H13Cl2NOS. The Morgan fingerprint density at radius 1 is 1.27 bits per heavy atom. The Morgan fingerprint density at radius 3 is 2.80 bits per heavy atom. The summed E-state index contributed by atoms with van der Waals surface area (Å²) in [7, 11) is 0. The maximum absolute atomic E-state index is 8.56. The minimum absolute atomic E-state index is 0.169. The van der Waals surface area contributed by atoms with Gasteiger partial charge in [-0.05, 0) is 18.2 Å². The zero-order chi connectivity index (χ0) is 11.1. The Labute approximate surface area is 104 Å². The largest absolute Gasteiger partial charge is 0.395 e. The summed E-state index contributed by atoms with van der Waals surface area (Å²) in [5.74, 6) is 0.903. The number of nitrogens with one attached hydrogen (secondary N) is 1. The van der Waals surface area contributed by atoms with Crippen LogP contribution in [0.1, 0.15) is 0 Å². The predicted molar refractivity (Wildman–Crippen MR) is 67.1 cm³/mol. The van der Waals surface area contributed by atoms with Crippen LogP contribution in [0.2, 0.25) is 10.0 Å². The molecule has 0 bridgehead atoms. The smallest absolute Gasteiger partial charge is 0.0555 e. The van der Waals surface area contributed by atoms with Crippen molar-refractivity contribution in [1.82, 2.24) is 5.32 Å². The van der Waals surface area contributed by atoms with Gasteiger partial charge in [0.1, 0.15) is 0 Å². The highest BCUT2D eigenvalue weighted by atomic mass is 35.5. The van der Waals surface area contributed by atoms with Crippen LogP contribution >= 0.6 is 35.0 Å². The fourth-order valence-corrected chi connectivity index (χ4v) is 2.43. The number of halogens is 2. The number of hydrogen-bond acceptors (Lipinski definition) is 3. The Balaban J connectivity index is 2.33. The molecule has 0 atom stereocenters. The van der Waals surface area contributed by atoms with Gasteiger partial charge in [0.25, 0.3) is 0 Å². The number of aliphatic hydroxyl groups excluding tert-OH is 1. The monoisotopic (exact) mass is 265 g/mol. The minimum atomic E-state index is 0.169. The van der Waals surface area contributed by atoms with Gasteiger partial charge in [-0.15, -0.1) is 11.8 Å². The van der Waals surface area contributed by atoms with E-state index in [4.69, 9.17) is 28.3 Å². The van der Waals surface area contributed by atoms with E-state index in [9.17, 15) is 0 Å². The van der Waals surface area contributed by atoms with Gasteiger partial charge in [-0.1, -0.05) is 23.2 Å². The van der Waals surface area contributed by atoms with Crippen LogP contribution in [0.5, 0.6) is 0 Å². The number of benzene rings is 1. The Kier molecular flexibility index (Phi) is 6.45. The maximum atomic E-state index is 8.56. The molecule has 84 valence electrons. The predicted octanol–water partition coefficient (Wildman–Crippen LogP) is 2.67. The molecule has 0 unspecified atom stereocenters. The van der Waals surface area contributed by atoms with E-state index in [1.54, 1.807) is 23.9 Å². The van der Waals surface area contributed by atoms with Crippen LogP contribution in [-0.4, -0.2) is 30.6 Å². The molecule has 2 N–H and O–H groups in total. The van der Waals surface area contributed by atoms with Gasteiger partial charge in [0.2, 0.25) is 0 Å². The van der Waals surface area contributed by atoms with Crippen molar-refractivity contribution in [2.24, 2.45) is 0 Å². The topological polar surface area (TPSA) is 32.3 Å². The van der Waals surface area contributed by atoms with E-state index in [2.05, 4.69) is 5.32 Å². The number of rotatable bonds is 6. The van der Waals surface area contributed by atoms with Crippen LogP contribution in [0.4, 0.5) is 0 Å². The van der Waals surface area contributed by atoms with Gasteiger partial charge in [0.05, 0.1) is 11.6 Å². The lowest BCUT2D eigenvalue weighted by atomic mass is 10.4. The van der Waals surface area contributed by atoms with Crippen LogP contribution in [0, 0.1) is 0 Å². The lowest BCUT2D eigenvalue weighted by Crippen LogP contribution is -2.20. The maximum Gasteiger partial charge on any atom is 0.0555 e. The summed E-state index contributed by atoms with van der Waals surface area (Å²) in [5.41, 5.74) is 0. The molecule has 5 heteroatoms. The molecule has 0 fully saturated rings. The molecule has 15 heavy (non-hydrogen) atoms. The molecule has 2 nitrogen and oxygen atoms in total. The summed E-state index contributed by atoms with van der Waals surface area (Å²) in [5, 5.41) is 13.1. The Hall–Kier alpha value is 0.0700. The highest BCUT2D eigenvalue weighted by molar-refractivity contribution is 7.99. The van der Waals surface area contributed by atoms with Crippen molar-refractivity contribution in [3.63, 3.8) is 0 Å². The molecule has 0 amide bonds. The standard InChI is InChI=1S/C10H13Cl2NOS/c11-8-1-2-9(12)10(7-8)15-6-4-13-3-5-14/h1-2,7,13-14H,3-6H2. The average molecular weight is 266 g/mol. The van der Waals surface area contributed by atoms with Gasteiger partial charge in [-0.2, -0.15) is 0 Å². The first-order chi connectivity index (χ1) is 7.24. The number of hydrogen-bond donors (Lipinski definition) is 2. The van der Waals surface area contributed by atoms with E-state index in [1.165, 1.54) is 0 Å². The van der Waals surface area contributed by atoms with Crippen LogP contribution in [0.25, 0.3) is 0 Å². The molecule has 0 saturated heterocycles. The normalized spacial score (nSPS) is 10.6. The van der Waals surface area contributed by atoms with E-state index in [0.717, 1.165) is 22.2 Å². The third-order valence-electron chi connectivity index (χ3n) is 1.72. The second-order valence-electron chi connectivity index (χ2n) is 2.90. The first-order valence-electron chi connectivity index (χ1n) is 4.63. The molecule has 0 radical (unpaired) electrons. The van der Waals surface area contributed by atoms with Crippen molar-refractivity contribution in [3.05, 3.63) is 28.2 Å². The third kappa shape index (κ3) is 5.09. The van der Waals surface area contributed by atoms with E-state index >= 15 is 0 Å². The van der Waals surface area contributed by atoms with Crippen LogP contribution in [-0.2, 0) is 0 Å². The van der Waals surface area contributed by atoms with Crippen molar-refractivity contribution < 1.29 is 5.11 Å². The summed E-state index contributed by atoms with van der Waals surface area (Å²) >= 11 is 13.5. The van der Waals surface area contributed by atoms with Crippen molar-refractivity contribution >= 4 is 35.0 Å². The Morgan fingerprint density at radius 2 is 2.07 bits per heavy atom. The molecular weight excluding hydrogens is 253 g/mol. The zero-order valence-electron chi connectivity index (χ0n) is 8.17. The van der Waals surface area contributed by atoms with Gasteiger partial charge in [-0.3, -0.25) is 0 Å². The summed E-state index contributed by atoms with van der Waals surface area (Å²) < 4.78 is 0. The number of thioether (sulfide) groups is 1. The van der Waals surface area contributed by atoms with E-state index in [1.807, 2.05) is 6.07 Å². The second-order valence-corrected chi connectivity index (χ2v) is 4.88. The van der Waals surface area contributed by atoms with E-state index in [-0.39, 0.29) is 6.61 Å². The SMILES string of the molecule is OCCNCCSc1cc(Cl)ccc1Cl. The van der Waals surface area contributed by atoms with Crippen molar-refractivity contribution in [2.45, 2.75) is 4.90 Å². The lowest BCUT2D eigenvalue weighted by molar-refractivity contribution is 0.294. The molecule has 0 spiro atoms. The lowest BCUT2D eigenvalue weighted by Gasteiger charge is -2.05. The van der Waals surface area contributed by atoms with Gasteiger partial charge < -0.3 is 10.4 Å². The summed E-state index contributed by atoms with van der Waals surface area (Å²) in [6.07, 6.45) is 0. The highest BCUT2D eigenvalue weighted by Crippen LogP contribution is 2.29. The quantitative estimate of drug-likeness (QED) is 0.613. The molecule has 0 aliphatic rings. The van der Waals surface area contributed by atoms with E-state index in [0.29, 0.717) is 11.6 Å². The summed E-state index contributed by atoms with van der Waals surface area (Å²) in [6.45, 7) is 1.64. The zero-order valence-corrected chi connectivity index (χ0v) is 10.5. The molecule has 1 rings (SSSR count). The number of aliphatic hydroxyl groups is 1. The molecule has 0 heterocycles. The third-order valence-corrected chi connectivity index (χ3v) is 3.45. The minimum Gasteiger partial charge on any atom is -0.395 e. The van der Waals surface area contributed by atoms with Gasteiger partial charge in [0.15, 0.2) is 0 Å².